The molecule has 0 bridgehead atoms. The van der Waals surface area contributed by atoms with Crippen LogP contribution >= 0.6 is 0 Å². The summed E-state index contributed by atoms with van der Waals surface area (Å²) < 4.78 is 6.89. The summed E-state index contributed by atoms with van der Waals surface area (Å²) in [6, 6.07) is 7.47. The average Bonchev–Trinajstić information content (AvgIpc) is 3.25. The number of carbonyl (C=O) groups is 1. The lowest BCUT2D eigenvalue weighted by molar-refractivity contribution is 0.0736. The lowest BCUT2D eigenvalue weighted by Crippen LogP contribution is -2.49. The van der Waals surface area contributed by atoms with Crippen molar-refractivity contribution in [1.82, 2.24) is 24.8 Å². The molecule has 0 aromatic carbocycles. The number of amides is 1. The highest BCUT2D eigenvalue weighted by Crippen LogP contribution is 2.27. The minimum Gasteiger partial charge on any atom is -0.365 e. The van der Waals surface area contributed by atoms with Crippen molar-refractivity contribution in [2.75, 3.05) is 31.1 Å². The van der Waals surface area contributed by atoms with E-state index in [2.05, 4.69) is 27.1 Å². The molecule has 3 aromatic rings. The van der Waals surface area contributed by atoms with Crippen molar-refractivity contribution < 1.29 is 9.32 Å². The van der Waals surface area contributed by atoms with Gasteiger partial charge < -0.3 is 14.3 Å². The van der Waals surface area contributed by atoms with E-state index in [4.69, 9.17) is 4.52 Å². The third kappa shape index (κ3) is 3.18. The summed E-state index contributed by atoms with van der Waals surface area (Å²) in [7, 11) is 0. The molecule has 0 unspecified atom stereocenters. The predicted molar refractivity (Wildman–Crippen MR) is 100 cm³/mol. The number of hydrogen-bond donors (Lipinski definition) is 0. The van der Waals surface area contributed by atoms with E-state index in [1.165, 1.54) is 0 Å². The van der Waals surface area contributed by atoms with Crippen molar-refractivity contribution in [2.45, 2.75) is 20.8 Å². The van der Waals surface area contributed by atoms with Crippen LogP contribution in [0.15, 0.2) is 35.0 Å². The van der Waals surface area contributed by atoms with Gasteiger partial charge in [-0.2, -0.15) is 5.10 Å². The average molecular weight is 366 g/mol. The molecule has 4 heterocycles. The highest BCUT2D eigenvalue weighted by Gasteiger charge is 2.27. The van der Waals surface area contributed by atoms with E-state index in [0.29, 0.717) is 24.5 Å². The van der Waals surface area contributed by atoms with E-state index in [1.54, 1.807) is 19.2 Å². The minimum atomic E-state index is -0.0795. The number of aromatic nitrogens is 4. The first kappa shape index (κ1) is 17.3. The second-order valence-electron chi connectivity index (χ2n) is 6.72. The first-order valence-electron chi connectivity index (χ1n) is 9.00. The van der Waals surface area contributed by atoms with E-state index in [-0.39, 0.29) is 5.91 Å². The van der Waals surface area contributed by atoms with E-state index in [0.717, 1.165) is 36.0 Å². The highest BCUT2D eigenvalue weighted by atomic mass is 16.5. The molecule has 1 aliphatic rings. The lowest BCUT2D eigenvalue weighted by Gasteiger charge is -2.35. The maximum absolute atomic E-state index is 12.5. The van der Waals surface area contributed by atoms with Gasteiger partial charge in [-0.3, -0.25) is 4.79 Å². The molecule has 140 valence electrons. The molecular weight excluding hydrogens is 344 g/mol. The van der Waals surface area contributed by atoms with Crippen molar-refractivity contribution in [2.24, 2.45) is 0 Å². The zero-order valence-electron chi connectivity index (χ0n) is 15.7. The molecule has 1 fully saturated rings. The van der Waals surface area contributed by atoms with Crippen LogP contribution in [0, 0.1) is 20.8 Å². The van der Waals surface area contributed by atoms with Crippen molar-refractivity contribution in [3.05, 3.63) is 53.3 Å². The molecule has 1 saturated heterocycles. The molecular formula is C19H22N6O2. The van der Waals surface area contributed by atoms with Crippen molar-refractivity contribution in [1.29, 1.82) is 0 Å². The van der Waals surface area contributed by atoms with Crippen LogP contribution in [0.2, 0.25) is 0 Å². The number of nitrogens with zero attached hydrogens (tertiary/aromatic N) is 6. The number of carbonyl (C=O) groups excluding carboxylic acids is 1. The Hall–Kier alpha value is -3.16. The first-order chi connectivity index (χ1) is 13.0. The Bertz CT molecular complexity index is 954. The Morgan fingerprint density at radius 1 is 1.11 bits per heavy atom. The third-order valence-electron chi connectivity index (χ3n) is 4.85. The van der Waals surface area contributed by atoms with Crippen LogP contribution in [0.5, 0.6) is 0 Å². The van der Waals surface area contributed by atoms with Crippen LogP contribution in [0.3, 0.4) is 0 Å². The summed E-state index contributed by atoms with van der Waals surface area (Å²) in [5, 5.41) is 8.50. The summed E-state index contributed by atoms with van der Waals surface area (Å²) in [6.07, 6.45) is 1.77. The quantitative estimate of drug-likeness (QED) is 0.707. The molecule has 8 heteroatoms. The topological polar surface area (TPSA) is 80.3 Å². The van der Waals surface area contributed by atoms with Crippen LogP contribution in [-0.2, 0) is 0 Å². The molecule has 3 aromatic heterocycles. The fourth-order valence-corrected chi connectivity index (χ4v) is 3.56. The fraction of sp³-hybridized carbons (Fsp3) is 0.368. The summed E-state index contributed by atoms with van der Waals surface area (Å²) in [6.45, 7) is 8.62. The number of rotatable bonds is 3. The van der Waals surface area contributed by atoms with Crippen molar-refractivity contribution in [3.63, 3.8) is 0 Å². The smallest absolute Gasteiger partial charge is 0.276 e. The number of anilines is 1. The Labute approximate surface area is 157 Å². The maximum Gasteiger partial charge on any atom is 0.276 e. The Balaban J connectivity index is 1.50. The molecule has 27 heavy (non-hydrogen) atoms. The fourth-order valence-electron chi connectivity index (χ4n) is 3.56. The molecule has 0 aliphatic carbocycles. The number of hydrogen-bond acceptors (Lipinski definition) is 6. The van der Waals surface area contributed by atoms with Gasteiger partial charge in [0.1, 0.15) is 5.76 Å². The molecule has 0 saturated carbocycles. The third-order valence-corrected chi connectivity index (χ3v) is 4.85. The summed E-state index contributed by atoms with van der Waals surface area (Å²) in [5.41, 5.74) is 3.50. The van der Waals surface area contributed by atoms with Crippen LogP contribution in [0.25, 0.3) is 5.82 Å². The molecule has 0 N–H and O–H groups in total. The molecule has 0 spiro atoms. The van der Waals surface area contributed by atoms with Crippen molar-refractivity contribution in [3.8, 4) is 5.82 Å². The molecule has 4 rings (SSSR count). The van der Waals surface area contributed by atoms with Gasteiger partial charge in [-0.25, -0.2) is 9.67 Å². The van der Waals surface area contributed by atoms with Gasteiger partial charge >= 0.3 is 0 Å². The van der Waals surface area contributed by atoms with Gasteiger partial charge in [0.25, 0.3) is 5.91 Å². The zero-order chi connectivity index (χ0) is 19.0. The summed E-state index contributed by atoms with van der Waals surface area (Å²) in [5.74, 6) is 1.37. The molecule has 0 radical (unpaired) electrons. The Morgan fingerprint density at radius 3 is 2.52 bits per heavy atom. The summed E-state index contributed by atoms with van der Waals surface area (Å²) in [4.78, 5) is 21.0. The standard InChI is InChI=1S/C19H22N6O2/c1-13-12-16(22-27-13)19(26)24-10-8-23(9-11-24)18-14(2)21-25(15(18)3)17-6-4-5-7-20-17/h4-7,12H,8-11H2,1-3H3. The van der Waals surface area contributed by atoms with Gasteiger partial charge in [0.2, 0.25) is 0 Å². The minimum absolute atomic E-state index is 0.0795. The van der Waals surface area contributed by atoms with E-state index in [1.807, 2.05) is 34.7 Å². The van der Waals surface area contributed by atoms with E-state index >= 15 is 0 Å². The van der Waals surface area contributed by atoms with Crippen molar-refractivity contribution >= 4 is 11.6 Å². The SMILES string of the molecule is Cc1cc(C(=O)N2CCN(c3c(C)nn(-c4ccccn4)c3C)CC2)no1. The van der Waals surface area contributed by atoms with Gasteiger partial charge in [-0.1, -0.05) is 11.2 Å². The zero-order valence-corrected chi connectivity index (χ0v) is 15.7. The van der Waals surface area contributed by atoms with Gasteiger partial charge in [-0.15, -0.1) is 0 Å². The summed E-state index contributed by atoms with van der Waals surface area (Å²) >= 11 is 0. The van der Waals surface area contributed by atoms with Crippen LogP contribution < -0.4 is 4.90 Å². The largest absolute Gasteiger partial charge is 0.365 e. The lowest BCUT2D eigenvalue weighted by atomic mass is 10.2. The van der Waals surface area contributed by atoms with E-state index in [9.17, 15) is 4.79 Å². The Morgan fingerprint density at radius 2 is 1.89 bits per heavy atom. The Kier molecular flexibility index (Phi) is 4.39. The number of pyridine rings is 1. The normalized spacial score (nSPS) is 14.6. The van der Waals surface area contributed by atoms with Crippen LogP contribution in [-0.4, -0.2) is 56.9 Å². The van der Waals surface area contributed by atoms with Crippen LogP contribution in [0.1, 0.15) is 27.6 Å². The van der Waals surface area contributed by atoms with Gasteiger partial charge in [-0.05, 0) is 32.9 Å². The second kappa shape index (κ2) is 6.86. The monoisotopic (exact) mass is 366 g/mol. The second-order valence-corrected chi connectivity index (χ2v) is 6.72. The van der Waals surface area contributed by atoms with Gasteiger partial charge in [0, 0.05) is 38.4 Å². The number of piperazine rings is 1. The van der Waals surface area contributed by atoms with E-state index < -0.39 is 0 Å². The van der Waals surface area contributed by atoms with Gasteiger partial charge in [0.15, 0.2) is 11.5 Å². The predicted octanol–water partition coefficient (Wildman–Crippen LogP) is 2.14. The molecule has 8 nitrogen and oxygen atoms in total. The number of aryl methyl sites for hydroxylation is 2. The van der Waals surface area contributed by atoms with Crippen LogP contribution in [0.4, 0.5) is 5.69 Å². The van der Waals surface area contributed by atoms with Gasteiger partial charge in [0.05, 0.1) is 17.1 Å². The highest BCUT2D eigenvalue weighted by molar-refractivity contribution is 5.92. The maximum atomic E-state index is 12.5. The molecule has 0 atom stereocenters. The molecule has 1 amide bonds. The first-order valence-corrected chi connectivity index (χ1v) is 9.00. The molecule has 1 aliphatic heterocycles.